The van der Waals surface area contributed by atoms with Crippen molar-refractivity contribution in [2.75, 3.05) is 6.54 Å². The highest BCUT2D eigenvalue weighted by atomic mass is 16.5. The predicted octanol–water partition coefficient (Wildman–Crippen LogP) is 2.44. The molecule has 138 valence electrons. The average Bonchev–Trinajstić information content (AvgIpc) is 3.00. The van der Waals surface area contributed by atoms with E-state index in [1.54, 1.807) is 4.90 Å². The maximum absolute atomic E-state index is 13.0. The van der Waals surface area contributed by atoms with Crippen LogP contribution in [0.4, 0.5) is 0 Å². The Morgan fingerprint density at radius 1 is 1.27 bits per heavy atom. The van der Waals surface area contributed by atoms with Crippen molar-refractivity contribution in [3.05, 3.63) is 41.3 Å². The van der Waals surface area contributed by atoms with Gasteiger partial charge in [0.25, 0.3) is 5.91 Å². The van der Waals surface area contributed by atoms with Crippen molar-refractivity contribution in [1.82, 2.24) is 20.0 Å². The van der Waals surface area contributed by atoms with Crippen LogP contribution in [0.5, 0.6) is 0 Å². The fraction of sp³-hybridized carbons (Fsp3) is 0.500. The monoisotopic (exact) mass is 357 g/mol. The first-order valence-electron chi connectivity index (χ1n) is 8.87. The van der Waals surface area contributed by atoms with Crippen molar-refractivity contribution in [1.29, 1.82) is 0 Å². The van der Waals surface area contributed by atoms with Crippen molar-refractivity contribution in [2.24, 2.45) is 5.73 Å². The van der Waals surface area contributed by atoms with Gasteiger partial charge in [0, 0.05) is 18.7 Å². The zero-order valence-corrected chi connectivity index (χ0v) is 15.0. The van der Waals surface area contributed by atoms with E-state index in [-0.39, 0.29) is 29.1 Å². The van der Waals surface area contributed by atoms with Crippen LogP contribution in [0.25, 0.3) is 0 Å². The minimum Gasteiger partial charge on any atom is -0.366 e. The fourth-order valence-electron chi connectivity index (χ4n) is 3.05. The van der Waals surface area contributed by atoms with Gasteiger partial charge in [0.2, 0.25) is 11.8 Å². The van der Waals surface area contributed by atoms with Crippen LogP contribution < -0.4 is 5.73 Å². The van der Waals surface area contributed by atoms with Crippen LogP contribution in [0.3, 0.4) is 0 Å². The van der Waals surface area contributed by atoms with E-state index in [1.807, 2.05) is 13.8 Å². The van der Waals surface area contributed by atoms with Crippen LogP contribution in [-0.4, -0.2) is 38.4 Å². The van der Waals surface area contributed by atoms with Crippen LogP contribution >= 0.6 is 0 Å². The molecule has 1 aliphatic heterocycles. The van der Waals surface area contributed by atoms with Crippen LogP contribution in [-0.2, 0) is 0 Å². The molecule has 1 aliphatic rings. The molecule has 0 aliphatic carbocycles. The Hall–Kier alpha value is -2.77. The number of carbonyl (C=O) groups is 2. The predicted molar refractivity (Wildman–Crippen MR) is 93.4 cm³/mol. The first-order valence-corrected chi connectivity index (χ1v) is 8.87. The van der Waals surface area contributed by atoms with Gasteiger partial charge in [0.05, 0.1) is 11.6 Å². The van der Waals surface area contributed by atoms with E-state index < -0.39 is 5.91 Å². The second kappa shape index (κ2) is 7.63. The third-order valence-electron chi connectivity index (χ3n) is 4.53. The number of hydrogen-bond donors (Lipinski definition) is 1. The minimum atomic E-state index is -0.572. The Labute approximate surface area is 151 Å². The quantitative estimate of drug-likeness (QED) is 0.898. The third-order valence-corrected chi connectivity index (χ3v) is 4.53. The molecule has 1 fully saturated rings. The molecule has 0 radical (unpaired) electrons. The Morgan fingerprint density at radius 2 is 2.08 bits per heavy atom. The molecule has 3 rings (SSSR count). The molecule has 8 heteroatoms. The summed E-state index contributed by atoms with van der Waals surface area (Å²) in [4.78, 5) is 34.6. The molecule has 2 amide bonds. The van der Waals surface area contributed by atoms with Gasteiger partial charge in [0.1, 0.15) is 5.69 Å². The highest BCUT2D eigenvalue weighted by molar-refractivity contribution is 5.95. The lowest BCUT2D eigenvalue weighted by Crippen LogP contribution is -2.36. The number of hydrogen-bond acceptors (Lipinski definition) is 6. The average molecular weight is 357 g/mol. The van der Waals surface area contributed by atoms with Crippen LogP contribution in [0.2, 0.25) is 0 Å². The van der Waals surface area contributed by atoms with Crippen molar-refractivity contribution in [2.45, 2.75) is 51.5 Å². The lowest BCUT2D eigenvalue weighted by atomic mass is 10.1. The Morgan fingerprint density at radius 3 is 2.69 bits per heavy atom. The van der Waals surface area contributed by atoms with Gasteiger partial charge in [-0.25, -0.2) is 0 Å². The molecule has 0 bridgehead atoms. The minimum absolute atomic E-state index is 0.134. The van der Waals surface area contributed by atoms with Crippen molar-refractivity contribution < 1.29 is 14.1 Å². The summed E-state index contributed by atoms with van der Waals surface area (Å²) in [6, 6.07) is 2.81. The number of rotatable bonds is 4. The van der Waals surface area contributed by atoms with Gasteiger partial charge < -0.3 is 15.2 Å². The maximum Gasteiger partial charge on any atom is 0.273 e. The summed E-state index contributed by atoms with van der Waals surface area (Å²) in [5.74, 6) is 0.466. The van der Waals surface area contributed by atoms with Crippen molar-refractivity contribution in [3.8, 4) is 0 Å². The summed E-state index contributed by atoms with van der Waals surface area (Å²) < 4.78 is 5.33. The fourth-order valence-corrected chi connectivity index (χ4v) is 3.05. The van der Waals surface area contributed by atoms with E-state index in [0.717, 1.165) is 25.7 Å². The molecule has 2 aromatic heterocycles. The molecule has 0 spiro atoms. The molecule has 8 nitrogen and oxygen atoms in total. The summed E-state index contributed by atoms with van der Waals surface area (Å²) in [5.41, 5.74) is 5.77. The maximum atomic E-state index is 13.0. The molecule has 2 aromatic rings. The summed E-state index contributed by atoms with van der Waals surface area (Å²) in [7, 11) is 0. The molecule has 26 heavy (non-hydrogen) atoms. The molecule has 0 aromatic carbocycles. The van der Waals surface area contributed by atoms with E-state index in [0.29, 0.717) is 18.3 Å². The number of aromatic nitrogens is 3. The van der Waals surface area contributed by atoms with Gasteiger partial charge in [-0.05, 0) is 25.0 Å². The normalized spacial score (nSPS) is 18.0. The van der Waals surface area contributed by atoms with Gasteiger partial charge in [0.15, 0.2) is 5.82 Å². The number of nitrogens with two attached hydrogens (primary N) is 1. The number of nitrogens with zero attached hydrogens (tertiary/aromatic N) is 4. The smallest absolute Gasteiger partial charge is 0.273 e. The molecular formula is C18H23N5O3. The van der Waals surface area contributed by atoms with Crippen LogP contribution in [0.1, 0.15) is 84.1 Å². The standard InChI is InChI=1S/C18H23N5O3/c1-11(2)17-21-16(22-26-17)14-6-4-3-5-9-23(14)18(25)13-8-7-12(10-20-13)15(19)24/h7-8,10-11,14H,3-6,9H2,1-2H3,(H2,19,24)/t14-/m0/s1. The van der Waals surface area contributed by atoms with Crippen molar-refractivity contribution in [3.63, 3.8) is 0 Å². The zero-order chi connectivity index (χ0) is 18.7. The second-order valence-electron chi connectivity index (χ2n) is 6.81. The highest BCUT2D eigenvalue weighted by Crippen LogP contribution is 2.30. The second-order valence-corrected chi connectivity index (χ2v) is 6.81. The van der Waals surface area contributed by atoms with Crippen LogP contribution in [0, 0.1) is 0 Å². The van der Waals surface area contributed by atoms with E-state index in [9.17, 15) is 9.59 Å². The molecule has 0 saturated carbocycles. The summed E-state index contributed by atoms with van der Waals surface area (Å²) >= 11 is 0. The van der Waals surface area contributed by atoms with Crippen LogP contribution in [0.15, 0.2) is 22.9 Å². The van der Waals surface area contributed by atoms with E-state index in [2.05, 4.69) is 15.1 Å². The van der Waals surface area contributed by atoms with Gasteiger partial charge in [-0.15, -0.1) is 0 Å². The lowest BCUT2D eigenvalue weighted by Gasteiger charge is -2.27. The Balaban J connectivity index is 1.87. The summed E-state index contributed by atoms with van der Waals surface area (Å²) in [6.07, 6.45) is 5.06. The Bertz CT molecular complexity index is 784. The molecule has 1 atom stereocenters. The van der Waals surface area contributed by atoms with E-state index >= 15 is 0 Å². The number of amides is 2. The largest absolute Gasteiger partial charge is 0.366 e. The first-order chi connectivity index (χ1) is 12.5. The summed E-state index contributed by atoms with van der Waals surface area (Å²) in [5, 5.41) is 4.10. The van der Waals surface area contributed by atoms with Gasteiger partial charge in [-0.1, -0.05) is 31.8 Å². The number of carbonyl (C=O) groups excluding carboxylic acids is 2. The van der Waals surface area contributed by atoms with Crippen molar-refractivity contribution >= 4 is 11.8 Å². The lowest BCUT2D eigenvalue weighted by molar-refractivity contribution is 0.0664. The topological polar surface area (TPSA) is 115 Å². The number of likely N-dealkylation sites (tertiary alicyclic amines) is 1. The molecule has 1 saturated heterocycles. The third kappa shape index (κ3) is 3.74. The molecule has 2 N–H and O–H groups in total. The Kier molecular flexibility index (Phi) is 5.29. The highest BCUT2D eigenvalue weighted by Gasteiger charge is 2.31. The number of primary amides is 1. The number of pyridine rings is 1. The van der Waals surface area contributed by atoms with Gasteiger partial charge in [-0.2, -0.15) is 4.98 Å². The SMILES string of the molecule is CC(C)c1nc([C@@H]2CCCCCN2C(=O)c2ccc(C(N)=O)cn2)no1. The summed E-state index contributed by atoms with van der Waals surface area (Å²) in [6.45, 7) is 4.57. The first kappa shape index (κ1) is 18.0. The van der Waals surface area contributed by atoms with Gasteiger partial charge >= 0.3 is 0 Å². The molecular weight excluding hydrogens is 334 g/mol. The zero-order valence-electron chi connectivity index (χ0n) is 15.0. The van der Waals surface area contributed by atoms with E-state index in [4.69, 9.17) is 10.3 Å². The van der Waals surface area contributed by atoms with E-state index in [1.165, 1.54) is 18.3 Å². The molecule has 3 heterocycles. The van der Waals surface area contributed by atoms with Gasteiger partial charge in [-0.3, -0.25) is 14.6 Å². The molecule has 0 unspecified atom stereocenters.